The molecule has 1 unspecified atom stereocenters. The highest BCUT2D eigenvalue weighted by Gasteiger charge is 2.46. The zero-order valence-corrected chi connectivity index (χ0v) is 15.2. The van der Waals surface area contributed by atoms with Gasteiger partial charge in [-0.2, -0.15) is 0 Å². The van der Waals surface area contributed by atoms with Crippen LogP contribution in [0.2, 0.25) is 0 Å². The van der Waals surface area contributed by atoms with Crippen LogP contribution in [-0.2, 0) is 4.74 Å². The van der Waals surface area contributed by atoms with Gasteiger partial charge < -0.3 is 4.74 Å². The summed E-state index contributed by atoms with van der Waals surface area (Å²) in [6.07, 6.45) is 2.39. The molecule has 4 heteroatoms. The summed E-state index contributed by atoms with van der Waals surface area (Å²) in [5, 5.41) is 0. The van der Waals surface area contributed by atoms with Crippen LogP contribution >= 0.6 is 0 Å². The van der Waals surface area contributed by atoms with E-state index < -0.39 is 11.6 Å². The lowest BCUT2D eigenvalue weighted by Crippen LogP contribution is -2.55. The molecule has 3 rings (SSSR count). The second kappa shape index (κ2) is 8.28. The average molecular weight is 351 g/mol. The number of rotatable bonds is 6. The van der Waals surface area contributed by atoms with E-state index in [-0.39, 0.29) is 5.78 Å². The van der Waals surface area contributed by atoms with Gasteiger partial charge in [0.15, 0.2) is 5.60 Å². The topological polar surface area (TPSA) is 46.6 Å². The molecule has 0 aliphatic carbocycles. The molecule has 2 aromatic rings. The second-order valence-corrected chi connectivity index (χ2v) is 6.82. The van der Waals surface area contributed by atoms with Gasteiger partial charge in [-0.3, -0.25) is 9.69 Å². The minimum absolute atomic E-state index is 0.108. The van der Waals surface area contributed by atoms with E-state index in [2.05, 4.69) is 11.8 Å². The van der Waals surface area contributed by atoms with Gasteiger partial charge in [-0.15, -0.1) is 0 Å². The van der Waals surface area contributed by atoms with Crippen LogP contribution in [0.4, 0.5) is 0 Å². The van der Waals surface area contributed by atoms with E-state index in [0.29, 0.717) is 24.1 Å². The number of Topliss-reactive ketones (excluding diaryl/α,β-unsaturated/α-hetero) is 1. The highest BCUT2D eigenvalue weighted by atomic mass is 16.6. The molecule has 4 nitrogen and oxygen atoms in total. The van der Waals surface area contributed by atoms with Gasteiger partial charge in [0.25, 0.3) is 0 Å². The summed E-state index contributed by atoms with van der Waals surface area (Å²) in [6, 6.07) is 18.0. The van der Waals surface area contributed by atoms with Crippen molar-refractivity contribution in [2.45, 2.75) is 31.8 Å². The Balaban J connectivity index is 1.91. The molecular weight excluding hydrogens is 326 g/mol. The van der Waals surface area contributed by atoms with E-state index >= 15 is 0 Å². The number of ether oxygens (including phenoxy) is 1. The molecule has 2 aromatic carbocycles. The van der Waals surface area contributed by atoms with Gasteiger partial charge in [0.1, 0.15) is 0 Å². The lowest BCUT2D eigenvalue weighted by atomic mass is 9.84. The van der Waals surface area contributed by atoms with Crippen LogP contribution in [0.3, 0.4) is 0 Å². The van der Waals surface area contributed by atoms with Crippen molar-refractivity contribution in [3.8, 4) is 0 Å². The normalized spacial score (nSPS) is 20.5. The molecule has 0 radical (unpaired) electrons. The van der Waals surface area contributed by atoms with Crippen molar-refractivity contribution >= 4 is 11.8 Å². The molecule has 1 heterocycles. The van der Waals surface area contributed by atoms with Crippen LogP contribution in [0.15, 0.2) is 60.7 Å². The van der Waals surface area contributed by atoms with Gasteiger partial charge in [0.2, 0.25) is 5.78 Å². The van der Waals surface area contributed by atoms with E-state index in [1.807, 2.05) is 24.3 Å². The number of esters is 1. The van der Waals surface area contributed by atoms with Gasteiger partial charge in [-0.25, -0.2) is 4.79 Å². The summed E-state index contributed by atoms with van der Waals surface area (Å²) >= 11 is 0. The lowest BCUT2D eigenvalue weighted by molar-refractivity contribution is -0.0405. The van der Waals surface area contributed by atoms with Crippen LogP contribution in [0.5, 0.6) is 0 Å². The third kappa shape index (κ3) is 4.02. The molecule has 0 bridgehead atoms. The Labute approximate surface area is 154 Å². The Kier molecular flexibility index (Phi) is 5.84. The fourth-order valence-electron chi connectivity index (χ4n) is 3.59. The molecule has 1 saturated heterocycles. The first-order valence-electron chi connectivity index (χ1n) is 9.25. The Hall–Kier alpha value is -2.46. The summed E-state index contributed by atoms with van der Waals surface area (Å²) in [5.74, 6) is -0.545. The first-order chi connectivity index (χ1) is 12.6. The molecule has 136 valence electrons. The maximum absolute atomic E-state index is 13.3. The summed E-state index contributed by atoms with van der Waals surface area (Å²) in [4.78, 5) is 28.3. The molecule has 0 amide bonds. The third-order valence-corrected chi connectivity index (χ3v) is 4.82. The van der Waals surface area contributed by atoms with Gasteiger partial charge in [-0.05, 0) is 44.5 Å². The van der Waals surface area contributed by atoms with Crippen molar-refractivity contribution in [2.24, 2.45) is 0 Å². The molecule has 26 heavy (non-hydrogen) atoms. The Morgan fingerprint density at radius 3 is 2.23 bits per heavy atom. The van der Waals surface area contributed by atoms with Crippen LogP contribution in [0.25, 0.3) is 0 Å². The number of ketones is 1. The number of carbonyl (C=O) groups excluding carboxylic acids is 2. The highest BCUT2D eigenvalue weighted by molar-refractivity contribution is 6.04. The average Bonchev–Trinajstić information content (AvgIpc) is 2.69. The molecule has 1 atom stereocenters. The minimum Gasteiger partial charge on any atom is -0.446 e. The predicted octanol–water partition coefficient (Wildman–Crippen LogP) is 3.97. The summed E-state index contributed by atoms with van der Waals surface area (Å²) in [6.45, 7) is 4.39. The first-order valence-corrected chi connectivity index (χ1v) is 9.25. The molecule has 0 saturated carbocycles. The smallest absolute Gasteiger partial charge is 0.339 e. The van der Waals surface area contributed by atoms with Crippen molar-refractivity contribution in [1.29, 1.82) is 0 Å². The van der Waals surface area contributed by atoms with Gasteiger partial charge >= 0.3 is 5.97 Å². The number of carbonyl (C=O) groups is 2. The molecule has 0 aromatic heterocycles. The molecule has 1 aliphatic heterocycles. The monoisotopic (exact) mass is 351 g/mol. The van der Waals surface area contributed by atoms with E-state index in [1.165, 1.54) is 0 Å². The molecule has 1 aliphatic rings. The largest absolute Gasteiger partial charge is 0.446 e. The number of hydrogen-bond acceptors (Lipinski definition) is 4. The zero-order chi connectivity index (χ0) is 18.4. The maximum Gasteiger partial charge on any atom is 0.339 e. The second-order valence-electron chi connectivity index (χ2n) is 6.82. The lowest BCUT2D eigenvalue weighted by Gasteiger charge is -2.41. The quantitative estimate of drug-likeness (QED) is 0.583. The van der Waals surface area contributed by atoms with Crippen molar-refractivity contribution in [2.75, 3.05) is 19.6 Å². The minimum atomic E-state index is -1.12. The number of hydrogen-bond donors (Lipinski definition) is 0. The van der Waals surface area contributed by atoms with E-state index in [4.69, 9.17) is 4.74 Å². The van der Waals surface area contributed by atoms with Crippen molar-refractivity contribution in [3.05, 3.63) is 71.8 Å². The van der Waals surface area contributed by atoms with Crippen molar-refractivity contribution < 1.29 is 14.3 Å². The van der Waals surface area contributed by atoms with E-state index in [1.54, 1.807) is 36.4 Å². The fraction of sp³-hybridized carbons (Fsp3) is 0.364. The van der Waals surface area contributed by atoms with Crippen LogP contribution in [-0.4, -0.2) is 41.9 Å². The van der Waals surface area contributed by atoms with Gasteiger partial charge in [0, 0.05) is 12.1 Å². The third-order valence-electron chi connectivity index (χ3n) is 4.82. The first kappa shape index (κ1) is 18.3. The standard InChI is InChI=1S/C22H25NO3/c1-2-15-23-16-9-14-22(17-23,20(24)18-10-5-3-6-11-18)26-21(25)19-12-7-4-8-13-19/h3-8,10-13H,2,9,14-17H2,1H3. The number of benzene rings is 2. The van der Waals surface area contributed by atoms with Crippen LogP contribution < -0.4 is 0 Å². The SMILES string of the molecule is CCCN1CCCC(OC(=O)c2ccccc2)(C(=O)c2ccccc2)C1. The number of likely N-dealkylation sites (tertiary alicyclic amines) is 1. The predicted molar refractivity (Wildman–Crippen MR) is 101 cm³/mol. The van der Waals surface area contributed by atoms with Crippen molar-refractivity contribution in [3.63, 3.8) is 0 Å². The zero-order valence-electron chi connectivity index (χ0n) is 15.2. The fourth-order valence-corrected chi connectivity index (χ4v) is 3.59. The van der Waals surface area contributed by atoms with E-state index in [0.717, 1.165) is 25.9 Å². The Bertz CT molecular complexity index is 742. The molecule has 0 spiro atoms. The Morgan fingerprint density at radius 1 is 1.00 bits per heavy atom. The van der Waals surface area contributed by atoms with Gasteiger partial charge in [-0.1, -0.05) is 55.5 Å². The number of nitrogens with zero attached hydrogens (tertiary/aromatic N) is 1. The van der Waals surface area contributed by atoms with E-state index in [9.17, 15) is 9.59 Å². The van der Waals surface area contributed by atoms with Gasteiger partial charge in [0.05, 0.1) is 5.56 Å². The number of piperidine rings is 1. The van der Waals surface area contributed by atoms with Crippen LogP contribution in [0, 0.1) is 0 Å². The van der Waals surface area contributed by atoms with Crippen LogP contribution in [0.1, 0.15) is 46.9 Å². The summed E-state index contributed by atoms with van der Waals surface area (Å²) in [5.41, 5.74) is -0.0612. The van der Waals surface area contributed by atoms with Crippen molar-refractivity contribution in [1.82, 2.24) is 4.90 Å². The summed E-state index contributed by atoms with van der Waals surface area (Å²) in [7, 11) is 0. The molecule has 0 N–H and O–H groups in total. The molecule has 1 fully saturated rings. The maximum atomic E-state index is 13.3. The highest BCUT2D eigenvalue weighted by Crippen LogP contribution is 2.30. The molecular formula is C22H25NO3. The Morgan fingerprint density at radius 2 is 1.62 bits per heavy atom. The summed E-state index contributed by atoms with van der Waals surface area (Å²) < 4.78 is 5.93.